The van der Waals surface area contributed by atoms with Crippen LogP contribution in [0, 0.1) is 0 Å². The summed E-state index contributed by atoms with van der Waals surface area (Å²) in [6, 6.07) is 4.54. The number of urea groups is 1. The molecular formula is C16H24F3N3O3. The molecule has 2 amide bonds. The maximum absolute atomic E-state index is 12.2. The zero-order valence-electron chi connectivity index (χ0n) is 14.6. The highest BCUT2D eigenvalue weighted by molar-refractivity contribution is 5.89. The van der Waals surface area contributed by atoms with Crippen LogP contribution in [0.3, 0.4) is 0 Å². The maximum Gasteiger partial charge on any atom is 0.401 e. The van der Waals surface area contributed by atoms with Gasteiger partial charge >= 0.3 is 12.2 Å². The third-order valence-corrected chi connectivity index (χ3v) is 3.17. The highest BCUT2D eigenvalue weighted by Crippen LogP contribution is 2.30. The van der Waals surface area contributed by atoms with Crippen molar-refractivity contribution in [3.63, 3.8) is 0 Å². The molecule has 1 aromatic rings. The molecule has 25 heavy (non-hydrogen) atoms. The van der Waals surface area contributed by atoms with E-state index in [9.17, 15) is 18.0 Å². The van der Waals surface area contributed by atoms with Crippen LogP contribution in [0.1, 0.15) is 13.3 Å². The van der Waals surface area contributed by atoms with E-state index in [2.05, 4.69) is 10.6 Å². The summed E-state index contributed by atoms with van der Waals surface area (Å²) in [6.07, 6.45) is -3.81. The molecule has 2 N–H and O–H groups in total. The van der Waals surface area contributed by atoms with Crippen molar-refractivity contribution in [2.45, 2.75) is 19.5 Å². The van der Waals surface area contributed by atoms with E-state index in [4.69, 9.17) is 9.47 Å². The van der Waals surface area contributed by atoms with Crippen molar-refractivity contribution in [3.05, 3.63) is 18.2 Å². The first-order valence-corrected chi connectivity index (χ1v) is 7.86. The lowest BCUT2D eigenvalue weighted by atomic mass is 10.2. The van der Waals surface area contributed by atoms with E-state index in [1.54, 1.807) is 18.2 Å². The number of hydrogen-bond acceptors (Lipinski definition) is 4. The van der Waals surface area contributed by atoms with Crippen molar-refractivity contribution in [2.75, 3.05) is 45.7 Å². The molecule has 0 heterocycles. The number of ether oxygens (including phenoxy) is 2. The minimum absolute atomic E-state index is 0.233. The molecule has 0 aliphatic rings. The van der Waals surface area contributed by atoms with E-state index in [0.29, 0.717) is 30.2 Å². The number of nitrogens with zero attached hydrogens (tertiary/aromatic N) is 1. The van der Waals surface area contributed by atoms with Crippen molar-refractivity contribution in [1.82, 2.24) is 10.2 Å². The van der Waals surface area contributed by atoms with Gasteiger partial charge in [0, 0.05) is 18.3 Å². The molecule has 0 fully saturated rings. The van der Waals surface area contributed by atoms with E-state index in [0.717, 1.165) is 4.90 Å². The molecule has 0 unspecified atom stereocenters. The van der Waals surface area contributed by atoms with Gasteiger partial charge in [-0.25, -0.2) is 4.79 Å². The largest absolute Gasteiger partial charge is 0.493 e. The van der Waals surface area contributed by atoms with Crippen LogP contribution in [0.5, 0.6) is 11.5 Å². The molecule has 0 aliphatic heterocycles. The molecule has 142 valence electrons. The third kappa shape index (κ3) is 8.48. The maximum atomic E-state index is 12.2. The number of halogens is 3. The topological polar surface area (TPSA) is 62.8 Å². The Bertz CT molecular complexity index is 553. The van der Waals surface area contributed by atoms with Gasteiger partial charge in [-0.05, 0) is 39.1 Å². The predicted octanol–water partition coefficient (Wildman–Crippen LogP) is 3.10. The summed E-state index contributed by atoms with van der Waals surface area (Å²) < 4.78 is 47.1. The number of rotatable bonds is 9. The molecule has 0 radical (unpaired) electrons. The Morgan fingerprint density at radius 3 is 2.60 bits per heavy atom. The Labute approximate surface area is 145 Å². The van der Waals surface area contributed by atoms with Gasteiger partial charge in [0.05, 0.1) is 20.3 Å². The lowest BCUT2D eigenvalue weighted by Gasteiger charge is -2.18. The number of hydrogen-bond donors (Lipinski definition) is 2. The molecule has 1 rings (SSSR count). The van der Waals surface area contributed by atoms with Gasteiger partial charge in [-0.2, -0.15) is 13.2 Å². The minimum Gasteiger partial charge on any atom is -0.493 e. The van der Waals surface area contributed by atoms with Gasteiger partial charge in [0.1, 0.15) is 0 Å². The van der Waals surface area contributed by atoms with Crippen molar-refractivity contribution in [2.24, 2.45) is 0 Å². The average molecular weight is 363 g/mol. The molecule has 0 aromatic heterocycles. The average Bonchev–Trinajstić information content (AvgIpc) is 2.50. The molecule has 1 aromatic carbocycles. The number of benzene rings is 1. The minimum atomic E-state index is -4.22. The second-order valence-electron chi connectivity index (χ2n) is 5.39. The molecule has 0 bridgehead atoms. The van der Waals surface area contributed by atoms with Gasteiger partial charge in [-0.15, -0.1) is 0 Å². The summed E-state index contributed by atoms with van der Waals surface area (Å²) in [5.74, 6) is 1.07. The quantitative estimate of drug-likeness (QED) is 0.662. The SMILES string of the molecule is CCOc1cc(NC(=O)NCCCN(C)CC(F)(F)F)ccc1OC. The number of carbonyl (C=O) groups is 1. The van der Waals surface area contributed by atoms with Gasteiger partial charge in [0.15, 0.2) is 11.5 Å². The van der Waals surface area contributed by atoms with E-state index < -0.39 is 18.8 Å². The van der Waals surface area contributed by atoms with Gasteiger partial charge in [0.2, 0.25) is 0 Å². The lowest BCUT2D eigenvalue weighted by molar-refractivity contribution is -0.143. The van der Waals surface area contributed by atoms with Crippen LogP contribution in [-0.2, 0) is 0 Å². The van der Waals surface area contributed by atoms with Crippen molar-refractivity contribution in [1.29, 1.82) is 0 Å². The van der Waals surface area contributed by atoms with Gasteiger partial charge in [-0.3, -0.25) is 4.90 Å². The number of carbonyl (C=O) groups excluding carboxylic acids is 1. The van der Waals surface area contributed by atoms with Crippen molar-refractivity contribution in [3.8, 4) is 11.5 Å². The summed E-state index contributed by atoms with van der Waals surface area (Å²) in [5, 5.41) is 5.24. The van der Waals surface area contributed by atoms with Crippen LogP contribution in [0.2, 0.25) is 0 Å². The highest BCUT2D eigenvalue weighted by Gasteiger charge is 2.28. The molecule has 0 saturated carbocycles. The van der Waals surface area contributed by atoms with E-state index in [1.165, 1.54) is 14.2 Å². The monoisotopic (exact) mass is 363 g/mol. The molecule has 0 atom stereocenters. The smallest absolute Gasteiger partial charge is 0.401 e. The molecule has 0 spiro atoms. The fraction of sp³-hybridized carbons (Fsp3) is 0.562. The van der Waals surface area contributed by atoms with Crippen molar-refractivity contribution < 1.29 is 27.4 Å². The van der Waals surface area contributed by atoms with E-state index >= 15 is 0 Å². The predicted molar refractivity (Wildman–Crippen MR) is 89.4 cm³/mol. The normalized spacial score (nSPS) is 11.3. The standard InChI is InChI=1S/C16H24F3N3O3/c1-4-25-14-10-12(6-7-13(14)24-3)21-15(23)20-8-5-9-22(2)11-16(17,18)19/h6-7,10H,4-5,8-9,11H2,1-3H3,(H2,20,21,23). The Kier molecular flexibility index (Phi) is 8.33. The summed E-state index contributed by atoms with van der Waals surface area (Å²) in [6.45, 7) is 1.82. The first-order chi connectivity index (χ1) is 11.7. The first-order valence-electron chi connectivity index (χ1n) is 7.86. The summed E-state index contributed by atoms with van der Waals surface area (Å²) in [4.78, 5) is 13.0. The van der Waals surface area contributed by atoms with Crippen LogP contribution in [0.25, 0.3) is 0 Å². The summed E-state index contributed by atoms with van der Waals surface area (Å²) >= 11 is 0. The fourth-order valence-electron chi connectivity index (χ4n) is 2.13. The van der Waals surface area contributed by atoms with Crippen LogP contribution in [0.15, 0.2) is 18.2 Å². The van der Waals surface area contributed by atoms with Gasteiger partial charge < -0.3 is 20.1 Å². The summed E-state index contributed by atoms with van der Waals surface area (Å²) in [7, 11) is 2.91. The Morgan fingerprint density at radius 1 is 1.28 bits per heavy atom. The second-order valence-corrected chi connectivity index (χ2v) is 5.39. The first kappa shape index (κ1) is 20.9. The summed E-state index contributed by atoms with van der Waals surface area (Å²) in [5.41, 5.74) is 0.524. The third-order valence-electron chi connectivity index (χ3n) is 3.17. The van der Waals surface area contributed by atoms with Gasteiger partial charge in [-0.1, -0.05) is 0 Å². The molecular weight excluding hydrogens is 339 g/mol. The molecule has 9 heteroatoms. The highest BCUT2D eigenvalue weighted by atomic mass is 19.4. The van der Waals surface area contributed by atoms with E-state index in [-0.39, 0.29) is 13.1 Å². The van der Waals surface area contributed by atoms with Crippen LogP contribution >= 0.6 is 0 Å². The number of methoxy groups -OCH3 is 1. The lowest BCUT2D eigenvalue weighted by Crippen LogP contribution is -2.34. The Morgan fingerprint density at radius 2 is 2.00 bits per heavy atom. The fourth-order valence-corrected chi connectivity index (χ4v) is 2.13. The number of amides is 2. The molecule has 6 nitrogen and oxygen atoms in total. The Hall–Kier alpha value is -2.16. The zero-order valence-corrected chi connectivity index (χ0v) is 14.6. The number of alkyl halides is 3. The van der Waals surface area contributed by atoms with Crippen LogP contribution < -0.4 is 20.1 Å². The zero-order chi connectivity index (χ0) is 18.9. The second kappa shape index (κ2) is 9.97. The Balaban J connectivity index is 2.38. The number of nitrogens with one attached hydrogen (secondary N) is 2. The van der Waals surface area contributed by atoms with E-state index in [1.807, 2.05) is 6.92 Å². The molecule has 0 saturated heterocycles. The number of anilines is 1. The molecule has 0 aliphatic carbocycles. The van der Waals surface area contributed by atoms with Crippen LogP contribution in [-0.4, -0.2) is 57.5 Å². The van der Waals surface area contributed by atoms with Crippen molar-refractivity contribution >= 4 is 11.7 Å². The van der Waals surface area contributed by atoms with Gasteiger partial charge in [0.25, 0.3) is 0 Å². The van der Waals surface area contributed by atoms with Crippen LogP contribution in [0.4, 0.5) is 23.7 Å².